The van der Waals surface area contributed by atoms with Crippen LogP contribution in [0.25, 0.3) is 11.3 Å². The van der Waals surface area contributed by atoms with Gasteiger partial charge in [0.2, 0.25) is 0 Å². The standard InChI is InChI=1S/C18H16N2O3/c1-12-3-7-14(8-4-12)20-18(21)16-17(23-11-19-16)13-5-9-15(22-2)10-6-13/h3-11H,1-2H3,(H,20,21). The third-order valence-electron chi connectivity index (χ3n) is 3.44. The summed E-state index contributed by atoms with van der Waals surface area (Å²) in [6.07, 6.45) is 1.27. The van der Waals surface area contributed by atoms with Gasteiger partial charge >= 0.3 is 0 Å². The molecule has 0 bridgehead atoms. The van der Waals surface area contributed by atoms with E-state index < -0.39 is 0 Å². The number of hydrogen-bond acceptors (Lipinski definition) is 4. The van der Waals surface area contributed by atoms with Crippen molar-refractivity contribution < 1.29 is 13.9 Å². The van der Waals surface area contributed by atoms with E-state index in [1.165, 1.54) is 6.39 Å². The van der Waals surface area contributed by atoms with Crippen LogP contribution >= 0.6 is 0 Å². The predicted octanol–water partition coefficient (Wildman–Crippen LogP) is 3.91. The molecule has 23 heavy (non-hydrogen) atoms. The van der Waals surface area contributed by atoms with Crippen LogP contribution < -0.4 is 10.1 Å². The molecule has 0 fully saturated rings. The first-order valence-corrected chi connectivity index (χ1v) is 7.13. The van der Waals surface area contributed by atoms with Crippen LogP contribution in [0, 0.1) is 6.92 Å². The molecule has 1 heterocycles. The zero-order chi connectivity index (χ0) is 16.2. The van der Waals surface area contributed by atoms with Gasteiger partial charge in [-0.3, -0.25) is 4.79 Å². The molecule has 0 saturated heterocycles. The molecule has 1 N–H and O–H groups in total. The van der Waals surface area contributed by atoms with E-state index in [1.54, 1.807) is 19.2 Å². The van der Waals surface area contributed by atoms with Crippen LogP contribution in [-0.2, 0) is 0 Å². The summed E-state index contributed by atoms with van der Waals surface area (Å²) in [6.45, 7) is 1.99. The molecule has 0 aliphatic rings. The molecule has 0 unspecified atom stereocenters. The van der Waals surface area contributed by atoms with Crippen molar-refractivity contribution in [2.75, 3.05) is 12.4 Å². The van der Waals surface area contributed by atoms with Crippen molar-refractivity contribution >= 4 is 11.6 Å². The fraction of sp³-hybridized carbons (Fsp3) is 0.111. The van der Waals surface area contributed by atoms with Gasteiger partial charge in [-0.25, -0.2) is 4.98 Å². The number of hydrogen-bond donors (Lipinski definition) is 1. The number of oxazole rings is 1. The topological polar surface area (TPSA) is 64.4 Å². The Labute approximate surface area is 133 Å². The molecule has 5 heteroatoms. The Balaban J connectivity index is 1.84. The van der Waals surface area contributed by atoms with Crippen molar-refractivity contribution in [3.8, 4) is 17.1 Å². The molecule has 116 valence electrons. The first-order chi connectivity index (χ1) is 11.2. The second-order valence-corrected chi connectivity index (χ2v) is 5.08. The molecule has 0 atom stereocenters. The van der Waals surface area contributed by atoms with Crippen molar-refractivity contribution in [2.24, 2.45) is 0 Å². The summed E-state index contributed by atoms with van der Waals surface area (Å²) in [6, 6.07) is 14.8. The normalized spacial score (nSPS) is 10.3. The molecule has 0 aliphatic carbocycles. The van der Waals surface area contributed by atoms with E-state index in [1.807, 2.05) is 43.3 Å². The Bertz CT molecular complexity index is 805. The van der Waals surface area contributed by atoms with Crippen LogP contribution in [0.4, 0.5) is 5.69 Å². The van der Waals surface area contributed by atoms with E-state index in [0.717, 1.165) is 16.9 Å². The van der Waals surface area contributed by atoms with Crippen LogP contribution in [0.3, 0.4) is 0 Å². The molecule has 5 nitrogen and oxygen atoms in total. The van der Waals surface area contributed by atoms with Crippen LogP contribution in [0.5, 0.6) is 5.75 Å². The number of rotatable bonds is 4. The maximum absolute atomic E-state index is 12.4. The van der Waals surface area contributed by atoms with E-state index in [9.17, 15) is 4.79 Å². The highest BCUT2D eigenvalue weighted by molar-refractivity contribution is 6.06. The molecular formula is C18H16N2O3. The summed E-state index contributed by atoms with van der Waals surface area (Å²) >= 11 is 0. The first kappa shape index (κ1) is 14.8. The number of nitrogens with zero attached hydrogens (tertiary/aromatic N) is 1. The van der Waals surface area contributed by atoms with E-state index in [-0.39, 0.29) is 11.6 Å². The van der Waals surface area contributed by atoms with Crippen molar-refractivity contribution in [1.82, 2.24) is 4.98 Å². The molecule has 1 amide bonds. The number of methoxy groups -OCH3 is 1. The van der Waals surface area contributed by atoms with Gasteiger partial charge in [0, 0.05) is 11.3 Å². The molecule has 3 rings (SSSR count). The fourth-order valence-electron chi connectivity index (χ4n) is 2.18. The highest BCUT2D eigenvalue weighted by Crippen LogP contribution is 2.26. The minimum absolute atomic E-state index is 0.246. The quantitative estimate of drug-likeness (QED) is 0.793. The van der Waals surface area contributed by atoms with E-state index in [2.05, 4.69) is 10.3 Å². The van der Waals surface area contributed by atoms with Crippen LogP contribution in [0.1, 0.15) is 16.1 Å². The average molecular weight is 308 g/mol. The van der Waals surface area contributed by atoms with Gasteiger partial charge in [-0.2, -0.15) is 0 Å². The Morgan fingerprint density at radius 2 is 1.78 bits per heavy atom. The fourth-order valence-corrected chi connectivity index (χ4v) is 2.18. The number of carbonyl (C=O) groups excluding carboxylic acids is 1. The SMILES string of the molecule is COc1ccc(-c2ocnc2C(=O)Nc2ccc(C)cc2)cc1. The minimum atomic E-state index is -0.312. The largest absolute Gasteiger partial charge is 0.497 e. The number of anilines is 1. The van der Waals surface area contributed by atoms with E-state index >= 15 is 0 Å². The lowest BCUT2D eigenvalue weighted by Gasteiger charge is -2.05. The van der Waals surface area contributed by atoms with Crippen molar-refractivity contribution in [3.63, 3.8) is 0 Å². The van der Waals surface area contributed by atoms with Gasteiger partial charge in [-0.05, 0) is 43.3 Å². The predicted molar refractivity (Wildman–Crippen MR) is 87.6 cm³/mol. The maximum atomic E-state index is 12.4. The van der Waals surface area contributed by atoms with Gasteiger partial charge in [0.15, 0.2) is 17.8 Å². The number of aryl methyl sites for hydroxylation is 1. The van der Waals surface area contributed by atoms with Crippen LogP contribution in [0.15, 0.2) is 59.3 Å². The van der Waals surface area contributed by atoms with Gasteiger partial charge in [-0.1, -0.05) is 17.7 Å². The van der Waals surface area contributed by atoms with Gasteiger partial charge in [-0.15, -0.1) is 0 Å². The monoisotopic (exact) mass is 308 g/mol. The number of nitrogens with one attached hydrogen (secondary N) is 1. The van der Waals surface area contributed by atoms with E-state index in [4.69, 9.17) is 9.15 Å². The van der Waals surface area contributed by atoms with Crippen molar-refractivity contribution in [1.29, 1.82) is 0 Å². The van der Waals surface area contributed by atoms with Crippen LogP contribution in [0.2, 0.25) is 0 Å². The van der Waals surface area contributed by atoms with Gasteiger partial charge < -0.3 is 14.5 Å². The van der Waals surface area contributed by atoms with Gasteiger partial charge in [0.1, 0.15) is 5.75 Å². The summed E-state index contributed by atoms with van der Waals surface area (Å²) < 4.78 is 10.5. The lowest BCUT2D eigenvalue weighted by atomic mass is 10.1. The molecule has 2 aromatic carbocycles. The number of carbonyl (C=O) groups is 1. The van der Waals surface area contributed by atoms with Crippen molar-refractivity contribution in [2.45, 2.75) is 6.92 Å². The third-order valence-corrected chi connectivity index (χ3v) is 3.44. The molecule has 3 aromatic rings. The number of ether oxygens (including phenoxy) is 1. The van der Waals surface area contributed by atoms with Crippen LogP contribution in [-0.4, -0.2) is 18.0 Å². The zero-order valence-corrected chi connectivity index (χ0v) is 12.9. The highest BCUT2D eigenvalue weighted by atomic mass is 16.5. The van der Waals surface area contributed by atoms with Crippen molar-refractivity contribution in [3.05, 3.63) is 66.2 Å². The second kappa shape index (κ2) is 6.36. The number of aromatic nitrogens is 1. The molecule has 0 aliphatic heterocycles. The Morgan fingerprint density at radius 3 is 2.43 bits per heavy atom. The average Bonchev–Trinajstić information content (AvgIpc) is 3.07. The summed E-state index contributed by atoms with van der Waals surface area (Å²) in [5, 5.41) is 2.82. The lowest BCUT2D eigenvalue weighted by Crippen LogP contribution is -2.13. The first-order valence-electron chi connectivity index (χ1n) is 7.13. The highest BCUT2D eigenvalue weighted by Gasteiger charge is 2.18. The number of benzene rings is 2. The minimum Gasteiger partial charge on any atom is -0.497 e. The van der Waals surface area contributed by atoms with E-state index in [0.29, 0.717) is 11.4 Å². The summed E-state index contributed by atoms with van der Waals surface area (Å²) in [5.41, 5.74) is 2.85. The molecule has 0 spiro atoms. The summed E-state index contributed by atoms with van der Waals surface area (Å²) in [5.74, 6) is 0.851. The molecule has 1 aromatic heterocycles. The Hall–Kier alpha value is -3.08. The number of amides is 1. The zero-order valence-electron chi connectivity index (χ0n) is 12.9. The smallest absolute Gasteiger partial charge is 0.278 e. The lowest BCUT2D eigenvalue weighted by molar-refractivity contribution is 0.102. The third kappa shape index (κ3) is 3.23. The Kier molecular flexibility index (Phi) is 4.10. The van der Waals surface area contributed by atoms with Gasteiger partial charge in [0.05, 0.1) is 7.11 Å². The molecule has 0 saturated carbocycles. The Morgan fingerprint density at radius 1 is 1.09 bits per heavy atom. The summed E-state index contributed by atoms with van der Waals surface area (Å²) in [4.78, 5) is 16.5. The molecule has 0 radical (unpaired) electrons. The maximum Gasteiger partial charge on any atom is 0.278 e. The summed E-state index contributed by atoms with van der Waals surface area (Å²) in [7, 11) is 1.60. The molecular weight excluding hydrogens is 292 g/mol. The second-order valence-electron chi connectivity index (χ2n) is 5.08. The van der Waals surface area contributed by atoms with Gasteiger partial charge in [0.25, 0.3) is 5.91 Å².